The number of nitrogens with one attached hydrogen (secondary N) is 1. The van der Waals surface area contributed by atoms with E-state index in [2.05, 4.69) is 17.2 Å². The third-order valence-electron chi connectivity index (χ3n) is 4.47. The third kappa shape index (κ3) is 3.61. The number of rotatable bonds is 6. The van der Waals surface area contributed by atoms with Gasteiger partial charge in [0.25, 0.3) is 5.91 Å². The summed E-state index contributed by atoms with van der Waals surface area (Å²) in [6.45, 7) is 2.09. The van der Waals surface area contributed by atoms with Crippen LogP contribution in [0.4, 0.5) is 0 Å². The maximum Gasteiger partial charge on any atom is 0.252 e. The van der Waals surface area contributed by atoms with E-state index >= 15 is 0 Å². The number of imidazole rings is 1. The number of hydrogen-bond acceptors (Lipinski definition) is 3. The molecule has 0 spiro atoms. The second-order valence-corrected chi connectivity index (χ2v) is 6.10. The van der Waals surface area contributed by atoms with E-state index in [9.17, 15) is 4.79 Å². The Kier molecular flexibility index (Phi) is 5.37. The molecule has 0 saturated carbocycles. The predicted octanol–water partition coefficient (Wildman–Crippen LogP) is 3.51. The van der Waals surface area contributed by atoms with E-state index in [1.54, 1.807) is 13.3 Å². The number of amides is 1. The first-order chi connectivity index (χ1) is 12.6. The lowest BCUT2D eigenvalue weighted by molar-refractivity contribution is 0.0941. The predicted molar refractivity (Wildman–Crippen MR) is 101 cm³/mol. The highest BCUT2D eigenvalue weighted by atomic mass is 16.5. The van der Waals surface area contributed by atoms with Crippen LogP contribution in [0.25, 0.3) is 0 Å². The van der Waals surface area contributed by atoms with Gasteiger partial charge in [-0.05, 0) is 30.2 Å². The summed E-state index contributed by atoms with van der Waals surface area (Å²) in [5, 5.41) is 3.10. The number of carbonyl (C=O) groups excluding carboxylic acids is 1. The van der Waals surface area contributed by atoms with E-state index in [0.29, 0.717) is 11.3 Å². The van der Waals surface area contributed by atoms with Crippen molar-refractivity contribution in [1.82, 2.24) is 14.9 Å². The van der Waals surface area contributed by atoms with Gasteiger partial charge in [0, 0.05) is 30.6 Å². The Labute approximate surface area is 153 Å². The molecule has 0 bridgehead atoms. The van der Waals surface area contributed by atoms with Crippen LogP contribution in [-0.4, -0.2) is 22.6 Å². The van der Waals surface area contributed by atoms with E-state index in [4.69, 9.17) is 4.74 Å². The van der Waals surface area contributed by atoms with E-state index < -0.39 is 6.04 Å². The number of carbonyl (C=O) groups is 1. The summed E-state index contributed by atoms with van der Waals surface area (Å²) >= 11 is 0. The Morgan fingerprint density at radius 3 is 2.54 bits per heavy atom. The van der Waals surface area contributed by atoms with Gasteiger partial charge in [-0.15, -0.1) is 0 Å². The lowest BCUT2D eigenvalue weighted by Crippen LogP contribution is -2.31. The SMILES string of the molecule is CCc1ccc(C(=O)NC(c2ccccc2OC)c2nccn2C)cc1. The average molecular weight is 349 g/mol. The third-order valence-corrected chi connectivity index (χ3v) is 4.47. The van der Waals surface area contributed by atoms with Crippen LogP contribution in [0.1, 0.15) is 40.3 Å². The first-order valence-electron chi connectivity index (χ1n) is 8.64. The van der Waals surface area contributed by atoms with E-state index in [1.165, 1.54) is 5.56 Å². The van der Waals surface area contributed by atoms with Gasteiger partial charge >= 0.3 is 0 Å². The molecule has 0 aliphatic carbocycles. The summed E-state index contributed by atoms with van der Waals surface area (Å²) in [6.07, 6.45) is 4.53. The van der Waals surface area contributed by atoms with Gasteiger partial charge in [-0.3, -0.25) is 4.79 Å². The molecule has 0 aliphatic rings. The molecule has 1 atom stereocenters. The van der Waals surface area contributed by atoms with Crippen LogP contribution in [0, 0.1) is 0 Å². The molecule has 134 valence electrons. The van der Waals surface area contributed by atoms with Crippen molar-refractivity contribution in [3.05, 3.63) is 83.4 Å². The Balaban J connectivity index is 1.96. The Morgan fingerprint density at radius 2 is 1.92 bits per heavy atom. The zero-order valence-electron chi connectivity index (χ0n) is 15.3. The first kappa shape index (κ1) is 17.7. The summed E-state index contributed by atoms with van der Waals surface area (Å²) in [5.41, 5.74) is 2.69. The second kappa shape index (κ2) is 7.87. The Hall–Kier alpha value is -3.08. The molecular formula is C21H23N3O2. The van der Waals surface area contributed by atoms with Gasteiger partial charge < -0.3 is 14.6 Å². The fraction of sp³-hybridized carbons (Fsp3) is 0.238. The zero-order chi connectivity index (χ0) is 18.5. The van der Waals surface area contributed by atoms with Gasteiger partial charge in [-0.2, -0.15) is 0 Å². The average Bonchev–Trinajstić information content (AvgIpc) is 3.11. The molecule has 1 unspecified atom stereocenters. The number of methoxy groups -OCH3 is 1. The largest absolute Gasteiger partial charge is 0.496 e. The van der Waals surface area contributed by atoms with Crippen molar-refractivity contribution in [1.29, 1.82) is 0 Å². The normalized spacial score (nSPS) is 11.8. The van der Waals surface area contributed by atoms with Crippen LogP contribution in [0.3, 0.4) is 0 Å². The van der Waals surface area contributed by atoms with Crippen molar-refractivity contribution in [3.63, 3.8) is 0 Å². The van der Waals surface area contributed by atoms with Crippen molar-refractivity contribution < 1.29 is 9.53 Å². The highest BCUT2D eigenvalue weighted by Crippen LogP contribution is 2.29. The van der Waals surface area contributed by atoms with E-state index in [-0.39, 0.29) is 5.91 Å². The number of para-hydroxylation sites is 1. The number of aromatic nitrogens is 2. The zero-order valence-corrected chi connectivity index (χ0v) is 15.3. The lowest BCUT2D eigenvalue weighted by atomic mass is 10.0. The molecule has 1 N–H and O–H groups in total. The van der Waals surface area contributed by atoms with E-state index in [0.717, 1.165) is 17.8 Å². The molecule has 1 heterocycles. The van der Waals surface area contributed by atoms with E-state index in [1.807, 2.05) is 66.3 Å². The topological polar surface area (TPSA) is 56.1 Å². The van der Waals surface area contributed by atoms with Gasteiger partial charge in [-0.1, -0.05) is 37.3 Å². The van der Waals surface area contributed by atoms with Crippen LogP contribution < -0.4 is 10.1 Å². The minimum Gasteiger partial charge on any atom is -0.496 e. The van der Waals surface area contributed by atoms with Crippen LogP contribution in [0.15, 0.2) is 60.9 Å². The molecule has 0 saturated heterocycles. The number of ether oxygens (including phenoxy) is 1. The van der Waals surface area contributed by atoms with Gasteiger partial charge in [0.05, 0.1) is 7.11 Å². The van der Waals surface area contributed by atoms with Crippen molar-refractivity contribution in [3.8, 4) is 5.75 Å². The Morgan fingerprint density at radius 1 is 1.19 bits per heavy atom. The minimum atomic E-state index is -0.412. The summed E-state index contributed by atoms with van der Waals surface area (Å²) in [6, 6.07) is 14.9. The molecule has 3 aromatic rings. The second-order valence-electron chi connectivity index (χ2n) is 6.10. The maximum atomic E-state index is 12.8. The van der Waals surface area contributed by atoms with Crippen LogP contribution in [0.2, 0.25) is 0 Å². The van der Waals surface area contributed by atoms with Gasteiger partial charge in [-0.25, -0.2) is 4.98 Å². The van der Waals surface area contributed by atoms with Crippen molar-refractivity contribution >= 4 is 5.91 Å². The highest BCUT2D eigenvalue weighted by molar-refractivity contribution is 5.94. The number of nitrogens with zero attached hydrogens (tertiary/aromatic N) is 2. The van der Waals surface area contributed by atoms with Crippen molar-refractivity contribution in [2.24, 2.45) is 7.05 Å². The number of benzene rings is 2. The Bertz CT molecular complexity index is 884. The molecule has 0 radical (unpaired) electrons. The maximum absolute atomic E-state index is 12.8. The molecule has 26 heavy (non-hydrogen) atoms. The van der Waals surface area contributed by atoms with Crippen molar-refractivity contribution in [2.75, 3.05) is 7.11 Å². The van der Waals surface area contributed by atoms with Crippen LogP contribution in [-0.2, 0) is 13.5 Å². The summed E-state index contributed by atoms with van der Waals surface area (Å²) in [5.74, 6) is 1.31. The quantitative estimate of drug-likeness (QED) is 0.741. The highest BCUT2D eigenvalue weighted by Gasteiger charge is 2.24. The summed E-state index contributed by atoms with van der Waals surface area (Å²) in [7, 11) is 3.53. The number of aryl methyl sites for hydroxylation is 2. The molecular weight excluding hydrogens is 326 g/mol. The molecule has 1 amide bonds. The fourth-order valence-electron chi connectivity index (χ4n) is 2.95. The molecule has 1 aromatic heterocycles. The lowest BCUT2D eigenvalue weighted by Gasteiger charge is -2.21. The minimum absolute atomic E-state index is 0.147. The van der Waals surface area contributed by atoms with Gasteiger partial charge in [0.2, 0.25) is 0 Å². The molecule has 2 aromatic carbocycles. The number of hydrogen-bond donors (Lipinski definition) is 1. The van der Waals surface area contributed by atoms with Crippen LogP contribution in [0.5, 0.6) is 5.75 Å². The van der Waals surface area contributed by atoms with Crippen molar-refractivity contribution in [2.45, 2.75) is 19.4 Å². The fourth-order valence-corrected chi connectivity index (χ4v) is 2.95. The molecule has 0 fully saturated rings. The summed E-state index contributed by atoms with van der Waals surface area (Å²) in [4.78, 5) is 17.3. The first-order valence-corrected chi connectivity index (χ1v) is 8.64. The summed E-state index contributed by atoms with van der Waals surface area (Å²) < 4.78 is 7.39. The molecule has 0 aliphatic heterocycles. The molecule has 3 rings (SSSR count). The van der Waals surface area contributed by atoms with Gasteiger partial charge in [0.1, 0.15) is 17.6 Å². The van der Waals surface area contributed by atoms with Crippen LogP contribution >= 0.6 is 0 Å². The molecule has 5 nitrogen and oxygen atoms in total. The monoisotopic (exact) mass is 349 g/mol. The smallest absolute Gasteiger partial charge is 0.252 e. The van der Waals surface area contributed by atoms with Gasteiger partial charge in [0.15, 0.2) is 0 Å². The standard InChI is InChI=1S/C21H23N3O2/c1-4-15-9-11-16(12-10-15)21(25)23-19(20-22-13-14-24(20)2)17-7-5-6-8-18(17)26-3/h5-14,19H,4H2,1-3H3,(H,23,25). The molecule has 5 heteroatoms.